The number of hydrogen-bond acceptors (Lipinski definition) is 3. The smallest absolute Gasteiger partial charge is 0.234 e. The first-order chi connectivity index (χ1) is 7.49. The number of hydrogen-bond donors (Lipinski definition) is 3. The van der Waals surface area contributed by atoms with Crippen molar-refractivity contribution in [1.29, 1.82) is 0 Å². The molecule has 0 bridgehead atoms. The van der Waals surface area contributed by atoms with E-state index in [1.165, 1.54) is 0 Å². The molecule has 1 amide bonds. The van der Waals surface area contributed by atoms with Crippen molar-refractivity contribution in [3.05, 3.63) is 0 Å². The van der Waals surface area contributed by atoms with Crippen molar-refractivity contribution in [2.24, 2.45) is 5.92 Å². The lowest BCUT2D eigenvalue weighted by atomic mass is 10.0. The van der Waals surface area contributed by atoms with Crippen molar-refractivity contribution in [3.63, 3.8) is 0 Å². The number of carbonyl (C=O) groups excluding carboxylic acids is 1. The van der Waals surface area contributed by atoms with Crippen LogP contribution in [0.5, 0.6) is 0 Å². The van der Waals surface area contributed by atoms with Crippen LogP contribution in [0.1, 0.15) is 40.5 Å². The molecular formula is C12H26N2O2. The van der Waals surface area contributed by atoms with Gasteiger partial charge in [0.1, 0.15) is 0 Å². The van der Waals surface area contributed by atoms with Crippen molar-refractivity contribution in [1.82, 2.24) is 10.6 Å². The van der Waals surface area contributed by atoms with E-state index < -0.39 is 0 Å². The molecule has 0 heterocycles. The Morgan fingerprint density at radius 3 is 2.38 bits per heavy atom. The Morgan fingerprint density at radius 1 is 1.31 bits per heavy atom. The average Bonchev–Trinajstić information content (AvgIpc) is 2.24. The minimum Gasteiger partial charge on any atom is -0.394 e. The fraction of sp³-hybridized carbons (Fsp3) is 0.917. The third-order valence-electron chi connectivity index (χ3n) is 2.56. The van der Waals surface area contributed by atoms with Crippen LogP contribution in [0.3, 0.4) is 0 Å². The fourth-order valence-corrected chi connectivity index (χ4v) is 1.44. The molecule has 0 saturated carbocycles. The van der Waals surface area contributed by atoms with Gasteiger partial charge in [0.15, 0.2) is 0 Å². The topological polar surface area (TPSA) is 61.4 Å². The highest BCUT2D eigenvalue weighted by molar-refractivity contribution is 5.78. The van der Waals surface area contributed by atoms with Crippen LogP contribution in [-0.4, -0.2) is 36.2 Å². The molecule has 16 heavy (non-hydrogen) atoms. The van der Waals surface area contributed by atoms with Crippen LogP contribution in [0.4, 0.5) is 0 Å². The molecule has 0 radical (unpaired) electrons. The molecule has 0 aliphatic carbocycles. The molecular weight excluding hydrogens is 204 g/mol. The van der Waals surface area contributed by atoms with Gasteiger partial charge < -0.3 is 15.7 Å². The maximum absolute atomic E-state index is 11.5. The molecule has 0 aliphatic heterocycles. The van der Waals surface area contributed by atoms with Crippen molar-refractivity contribution < 1.29 is 9.90 Å². The summed E-state index contributed by atoms with van der Waals surface area (Å²) in [5.74, 6) is 0.431. The van der Waals surface area contributed by atoms with E-state index in [-0.39, 0.29) is 18.6 Å². The molecule has 0 aromatic heterocycles. The summed E-state index contributed by atoms with van der Waals surface area (Å²) in [5, 5.41) is 15.1. The van der Waals surface area contributed by atoms with Gasteiger partial charge >= 0.3 is 0 Å². The van der Waals surface area contributed by atoms with Crippen molar-refractivity contribution in [2.75, 3.05) is 13.2 Å². The van der Waals surface area contributed by atoms with Crippen LogP contribution < -0.4 is 10.6 Å². The predicted octanol–water partition coefficient (Wildman–Crippen LogP) is 0.898. The second-order valence-electron chi connectivity index (χ2n) is 4.77. The highest BCUT2D eigenvalue weighted by Gasteiger charge is 2.13. The number of carbonyl (C=O) groups is 1. The molecule has 4 heteroatoms. The van der Waals surface area contributed by atoms with E-state index in [1.807, 2.05) is 6.92 Å². The summed E-state index contributed by atoms with van der Waals surface area (Å²) in [6, 6.07) is 0.231. The van der Waals surface area contributed by atoms with Crippen molar-refractivity contribution in [3.8, 4) is 0 Å². The molecule has 0 saturated heterocycles. The third-order valence-corrected chi connectivity index (χ3v) is 2.56. The van der Waals surface area contributed by atoms with Crippen molar-refractivity contribution >= 4 is 5.91 Å². The lowest BCUT2D eigenvalue weighted by molar-refractivity contribution is -0.121. The molecule has 0 aliphatic rings. The Hall–Kier alpha value is -0.610. The van der Waals surface area contributed by atoms with Gasteiger partial charge in [-0.25, -0.2) is 0 Å². The van der Waals surface area contributed by atoms with E-state index in [2.05, 4.69) is 31.4 Å². The maximum atomic E-state index is 11.5. The van der Waals surface area contributed by atoms with E-state index in [1.54, 1.807) is 0 Å². The van der Waals surface area contributed by atoms with E-state index in [0.29, 0.717) is 18.5 Å². The monoisotopic (exact) mass is 230 g/mol. The van der Waals surface area contributed by atoms with E-state index >= 15 is 0 Å². The van der Waals surface area contributed by atoms with Gasteiger partial charge in [0.05, 0.1) is 19.2 Å². The molecule has 96 valence electrons. The van der Waals surface area contributed by atoms with Crippen LogP contribution in [0.2, 0.25) is 0 Å². The molecule has 4 nitrogen and oxygen atoms in total. The second kappa shape index (κ2) is 8.53. The van der Waals surface area contributed by atoms with Crippen LogP contribution in [-0.2, 0) is 4.79 Å². The van der Waals surface area contributed by atoms with Crippen LogP contribution in [0.25, 0.3) is 0 Å². The Labute approximate surface area is 98.8 Å². The first-order valence-electron chi connectivity index (χ1n) is 6.13. The van der Waals surface area contributed by atoms with E-state index in [4.69, 9.17) is 5.11 Å². The highest BCUT2D eigenvalue weighted by atomic mass is 16.3. The van der Waals surface area contributed by atoms with Gasteiger partial charge in [-0.1, -0.05) is 20.8 Å². The summed E-state index contributed by atoms with van der Waals surface area (Å²) in [5.41, 5.74) is 0. The van der Waals surface area contributed by atoms with Crippen LogP contribution in [0, 0.1) is 5.92 Å². The van der Waals surface area contributed by atoms with E-state index in [9.17, 15) is 4.79 Å². The van der Waals surface area contributed by atoms with Gasteiger partial charge in [0, 0.05) is 6.04 Å². The Bertz CT molecular complexity index is 195. The Morgan fingerprint density at radius 2 is 1.94 bits per heavy atom. The van der Waals surface area contributed by atoms with Gasteiger partial charge in [-0.05, 0) is 25.7 Å². The average molecular weight is 230 g/mol. The summed E-state index contributed by atoms with van der Waals surface area (Å²) >= 11 is 0. The molecule has 0 aromatic rings. The molecule has 0 rings (SSSR count). The number of amides is 1. The largest absolute Gasteiger partial charge is 0.394 e. The molecule has 2 unspecified atom stereocenters. The van der Waals surface area contributed by atoms with Crippen molar-refractivity contribution in [2.45, 2.75) is 52.6 Å². The van der Waals surface area contributed by atoms with Gasteiger partial charge in [0.25, 0.3) is 0 Å². The standard InChI is InChI=1S/C12H26N2O2/c1-5-10(4)13-7-12(16)14-11(8-15)6-9(2)3/h9-11,13,15H,5-8H2,1-4H3,(H,14,16). The van der Waals surface area contributed by atoms with Gasteiger partial charge in [0.2, 0.25) is 5.91 Å². The molecule has 0 spiro atoms. The number of aliphatic hydroxyl groups excluding tert-OH is 1. The highest BCUT2D eigenvalue weighted by Crippen LogP contribution is 2.03. The van der Waals surface area contributed by atoms with Gasteiger partial charge in [-0.15, -0.1) is 0 Å². The maximum Gasteiger partial charge on any atom is 0.234 e. The molecule has 3 N–H and O–H groups in total. The molecule has 0 fully saturated rings. The molecule has 0 aromatic carbocycles. The summed E-state index contributed by atoms with van der Waals surface area (Å²) in [6.07, 6.45) is 1.81. The Balaban J connectivity index is 3.82. The van der Waals surface area contributed by atoms with Crippen LogP contribution >= 0.6 is 0 Å². The SMILES string of the molecule is CCC(C)NCC(=O)NC(CO)CC(C)C. The lowest BCUT2D eigenvalue weighted by Gasteiger charge is -2.19. The number of nitrogens with one attached hydrogen (secondary N) is 2. The second-order valence-corrected chi connectivity index (χ2v) is 4.77. The zero-order valence-electron chi connectivity index (χ0n) is 10.9. The first-order valence-corrected chi connectivity index (χ1v) is 6.13. The minimum absolute atomic E-state index is 0.00719. The van der Waals surface area contributed by atoms with Gasteiger partial charge in [-0.3, -0.25) is 4.79 Å². The normalized spacial score (nSPS) is 14.9. The summed E-state index contributed by atoms with van der Waals surface area (Å²) < 4.78 is 0. The quantitative estimate of drug-likeness (QED) is 0.580. The number of rotatable bonds is 8. The predicted molar refractivity (Wildman–Crippen MR) is 66.2 cm³/mol. The summed E-state index contributed by atoms with van der Waals surface area (Å²) in [4.78, 5) is 11.5. The Kier molecular flexibility index (Phi) is 8.21. The third kappa shape index (κ3) is 7.65. The minimum atomic E-state index is -0.119. The molecule has 2 atom stereocenters. The number of aliphatic hydroxyl groups is 1. The zero-order chi connectivity index (χ0) is 12.6. The van der Waals surface area contributed by atoms with Gasteiger partial charge in [-0.2, -0.15) is 0 Å². The van der Waals surface area contributed by atoms with E-state index in [0.717, 1.165) is 12.8 Å². The first kappa shape index (κ1) is 15.4. The summed E-state index contributed by atoms with van der Waals surface area (Å²) in [7, 11) is 0. The van der Waals surface area contributed by atoms with Crippen LogP contribution in [0.15, 0.2) is 0 Å². The zero-order valence-corrected chi connectivity index (χ0v) is 10.9. The lowest BCUT2D eigenvalue weighted by Crippen LogP contribution is -2.44. The summed E-state index contributed by atoms with van der Waals surface area (Å²) in [6.45, 7) is 8.60. The fourth-order valence-electron chi connectivity index (χ4n) is 1.44.